The fourth-order valence-electron chi connectivity index (χ4n) is 2.05. The van der Waals surface area contributed by atoms with Crippen molar-refractivity contribution in [2.75, 3.05) is 6.54 Å². The molecule has 0 radical (unpaired) electrons. The zero-order valence-corrected chi connectivity index (χ0v) is 13.1. The highest BCUT2D eigenvalue weighted by atomic mass is 32.1. The van der Waals surface area contributed by atoms with Gasteiger partial charge in [-0.15, -0.1) is 21.5 Å². The number of nitrogens with zero attached hydrogens (tertiary/aromatic N) is 2. The third-order valence-electron chi connectivity index (χ3n) is 3.10. The number of aryl methyl sites for hydroxylation is 2. The number of hydrogen-bond acceptors (Lipinski definition) is 4. The minimum atomic E-state index is 0.535. The van der Waals surface area contributed by atoms with E-state index in [1.54, 1.807) is 11.3 Å². The van der Waals surface area contributed by atoms with Crippen molar-refractivity contribution in [1.29, 1.82) is 0 Å². The van der Waals surface area contributed by atoms with Crippen LogP contribution in [0.5, 0.6) is 0 Å². The number of hydrogen-bond donors (Lipinski definition) is 1. The second-order valence-electron chi connectivity index (χ2n) is 5.29. The molecule has 0 spiro atoms. The molecule has 0 fully saturated rings. The molecule has 0 unspecified atom stereocenters. The van der Waals surface area contributed by atoms with Gasteiger partial charge in [0, 0.05) is 25.4 Å². The topological polar surface area (TPSA) is 37.8 Å². The molecule has 0 aliphatic carbocycles. The van der Waals surface area contributed by atoms with Crippen LogP contribution in [0.25, 0.3) is 0 Å². The maximum Gasteiger partial charge on any atom is 0.118 e. The van der Waals surface area contributed by atoms with Gasteiger partial charge in [-0.05, 0) is 18.4 Å². The van der Waals surface area contributed by atoms with Crippen molar-refractivity contribution in [3.63, 3.8) is 0 Å². The summed E-state index contributed by atoms with van der Waals surface area (Å²) >= 11 is 1.76. The first-order chi connectivity index (χ1) is 9.74. The Labute approximate surface area is 125 Å². The van der Waals surface area contributed by atoms with Gasteiger partial charge >= 0.3 is 0 Å². The Kier molecular flexibility index (Phi) is 6.15. The lowest BCUT2D eigenvalue weighted by Gasteiger charge is -2.05. The molecule has 2 rings (SSSR count). The molecule has 1 aromatic carbocycles. The van der Waals surface area contributed by atoms with Crippen molar-refractivity contribution in [1.82, 2.24) is 15.5 Å². The Morgan fingerprint density at radius 2 is 1.70 bits per heavy atom. The number of benzene rings is 1. The van der Waals surface area contributed by atoms with Crippen molar-refractivity contribution in [3.8, 4) is 0 Å². The van der Waals surface area contributed by atoms with Gasteiger partial charge < -0.3 is 5.32 Å². The van der Waals surface area contributed by atoms with Crippen molar-refractivity contribution in [2.24, 2.45) is 0 Å². The van der Waals surface area contributed by atoms with Gasteiger partial charge in [-0.25, -0.2) is 0 Å². The summed E-state index contributed by atoms with van der Waals surface area (Å²) in [7, 11) is 0. The molecular formula is C16H23N3S. The summed E-state index contributed by atoms with van der Waals surface area (Å²) in [6.45, 7) is 5.31. The number of nitrogens with one attached hydrogen (secondary N) is 1. The van der Waals surface area contributed by atoms with Gasteiger partial charge in [0.25, 0.3) is 0 Å². The Balaban J connectivity index is 1.70. The van der Waals surface area contributed by atoms with E-state index >= 15 is 0 Å². The minimum Gasteiger partial charge on any atom is -0.314 e. The molecule has 0 bridgehead atoms. The van der Waals surface area contributed by atoms with Gasteiger partial charge in [-0.1, -0.05) is 44.2 Å². The van der Waals surface area contributed by atoms with Gasteiger partial charge in [0.15, 0.2) is 0 Å². The van der Waals surface area contributed by atoms with Crippen molar-refractivity contribution in [3.05, 3.63) is 45.9 Å². The summed E-state index contributed by atoms with van der Waals surface area (Å²) in [5.41, 5.74) is 1.40. The molecule has 1 N–H and O–H groups in total. The van der Waals surface area contributed by atoms with Crippen LogP contribution < -0.4 is 5.32 Å². The molecule has 0 amide bonds. The molecule has 0 saturated carbocycles. The predicted octanol–water partition coefficient (Wildman–Crippen LogP) is 3.25. The maximum atomic E-state index is 4.29. The lowest BCUT2D eigenvalue weighted by atomic mass is 10.1. The molecule has 2 aromatic rings. The molecule has 20 heavy (non-hydrogen) atoms. The van der Waals surface area contributed by atoms with Crippen LogP contribution >= 0.6 is 11.3 Å². The minimum absolute atomic E-state index is 0.535. The molecule has 1 aromatic heterocycles. The van der Waals surface area contributed by atoms with Gasteiger partial charge in [0.2, 0.25) is 0 Å². The molecule has 0 atom stereocenters. The molecule has 4 heteroatoms. The number of rotatable bonds is 8. The van der Waals surface area contributed by atoms with Crippen LogP contribution in [0, 0.1) is 0 Å². The van der Waals surface area contributed by atoms with E-state index in [0.29, 0.717) is 6.04 Å². The van der Waals surface area contributed by atoms with Crippen molar-refractivity contribution in [2.45, 2.75) is 45.6 Å². The fourth-order valence-corrected chi connectivity index (χ4v) is 2.93. The zero-order chi connectivity index (χ0) is 14.2. The average Bonchev–Trinajstić information content (AvgIpc) is 2.87. The van der Waals surface area contributed by atoms with E-state index in [1.807, 2.05) is 0 Å². The molecular weight excluding hydrogens is 266 g/mol. The van der Waals surface area contributed by atoms with Crippen molar-refractivity contribution >= 4 is 11.3 Å². The van der Waals surface area contributed by atoms with Gasteiger partial charge in [0.1, 0.15) is 10.0 Å². The van der Waals surface area contributed by atoms with E-state index in [2.05, 4.69) is 59.7 Å². The van der Waals surface area contributed by atoms with Crippen LogP contribution in [-0.4, -0.2) is 22.8 Å². The molecule has 0 aliphatic rings. The Hall–Kier alpha value is -1.26. The van der Waals surface area contributed by atoms with Gasteiger partial charge in [-0.2, -0.15) is 0 Å². The van der Waals surface area contributed by atoms with E-state index in [9.17, 15) is 0 Å². The predicted molar refractivity (Wildman–Crippen MR) is 85.2 cm³/mol. The van der Waals surface area contributed by atoms with Crippen molar-refractivity contribution < 1.29 is 0 Å². The van der Waals surface area contributed by atoms with E-state index in [1.165, 1.54) is 10.6 Å². The molecule has 108 valence electrons. The van der Waals surface area contributed by atoms with Crippen LogP contribution in [0.3, 0.4) is 0 Å². The number of aromatic nitrogens is 2. The summed E-state index contributed by atoms with van der Waals surface area (Å²) < 4.78 is 0. The smallest absolute Gasteiger partial charge is 0.118 e. The average molecular weight is 289 g/mol. The largest absolute Gasteiger partial charge is 0.314 e. The van der Waals surface area contributed by atoms with E-state index in [-0.39, 0.29) is 0 Å². The van der Waals surface area contributed by atoms with Crippen LogP contribution in [0.1, 0.15) is 35.8 Å². The second kappa shape index (κ2) is 8.12. The Morgan fingerprint density at radius 1 is 1.00 bits per heavy atom. The quantitative estimate of drug-likeness (QED) is 0.810. The summed E-state index contributed by atoms with van der Waals surface area (Å²) in [6, 6.07) is 11.2. The SMILES string of the molecule is CC(C)NCCc1nnc(CCCc2ccccc2)s1. The van der Waals surface area contributed by atoms with E-state index in [0.717, 1.165) is 37.2 Å². The first-order valence-corrected chi connectivity index (χ1v) is 8.14. The highest BCUT2D eigenvalue weighted by Crippen LogP contribution is 2.13. The highest BCUT2D eigenvalue weighted by Gasteiger charge is 2.04. The standard InChI is InChI=1S/C16H23N3S/c1-13(2)17-12-11-16-19-18-15(20-16)10-6-9-14-7-4-3-5-8-14/h3-5,7-8,13,17H,6,9-12H2,1-2H3. The Bertz CT molecular complexity index is 493. The monoisotopic (exact) mass is 289 g/mol. The summed E-state index contributed by atoms with van der Waals surface area (Å²) in [4.78, 5) is 0. The third-order valence-corrected chi connectivity index (χ3v) is 4.14. The van der Waals surface area contributed by atoms with Crippen LogP contribution in [0.15, 0.2) is 30.3 Å². The van der Waals surface area contributed by atoms with Gasteiger partial charge in [-0.3, -0.25) is 0 Å². The Morgan fingerprint density at radius 3 is 2.40 bits per heavy atom. The van der Waals surface area contributed by atoms with Gasteiger partial charge in [0.05, 0.1) is 0 Å². The molecule has 3 nitrogen and oxygen atoms in total. The zero-order valence-electron chi connectivity index (χ0n) is 12.3. The van der Waals surface area contributed by atoms with Crippen LogP contribution in [0.2, 0.25) is 0 Å². The maximum absolute atomic E-state index is 4.29. The fraction of sp³-hybridized carbons (Fsp3) is 0.500. The second-order valence-corrected chi connectivity index (χ2v) is 6.43. The summed E-state index contributed by atoms with van der Waals surface area (Å²) in [5, 5.41) is 14.3. The molecule has 0 saturated heterocycles. The molecule has 0 aliphatic heterocycles. The normalized spacial score (nSPS) is 11.2. The summed E-state index contributed by atoms with van der Waals surface area (Å²) in [6.07, 6.45) is 4.27. The highest BCUT2D eigenvalue weighted by molar-refractivity contribution is 7.11. The van der Waals surface area contributed by atoms with E-state index < -0.39 is 0 Å². The lowest BCUT2D eigenvalue weighted by molar-refractivity contribution is 0.588. The van der Waals surface area contributed by atoms with E-state index in [4.69, 9.17) is 0 Å². The first kappa shape index (κ1) is 15.1. The van der Waals surface area contributed by atoms with Crippen LogP contribution in [0.4, 0.5) is 0 Å². The molecule has 1 heterocycles. The third kappa shape index (κ3) is 5.39. The lowest BCUT2D eigenvalue weighted by Crippen LogP contribution is -2.24. The summed E-state index contributed by atoms with van der Waals surface area (Å²) in [5.74, 6) is 0. The first-order valence-electron chi connectivity index (χ1n) is 7.32. The van der Waals surface area contributed by atoms with Crippen LogP contribution in [-0.2, 0) is 19.3 Å².